The molecule has 2 N–H and O–H groups in total. The number of nitrogens with zero attached hydrogens (tertiary/aromatic N) is 1. The number of halogens is 2. The monoisotopic (exact) mass is 406 g/mol. The Kier molecular flexibility index (Phi) is 7.58. The van der Waals surface area contributed by atoms with Crippen molar-refractivity contribution in [1.82, 2.24) is 10.0 Å². The van der Waals surface area contributed by atoms with E-state index in [0.29, 0.717) is 42.6 Å². The van der Waals surface area contributed by atoms with Crippen LogP contribution in [0.5, 0.6) is 0 Å². The molecule has 3 rings (SSSR count). The summed E-state index contributed by atoms with van der Waals surface area (Å²) < 4.78 is 30.4. The number of carbonyl (C=O) groups is 1. The van der Waals surface area contributed by atoms with Gasteiger partial charge in [-0.25, -0.2) is 8.78 Å². The van der Waals surface area contributed by atoms with Crippen LogP contribution in [0.3, 0.4) is 0 Å². The molecule has 0 saturated heterocycles. The maximum absolute atomic E-state index is 14.6. The van der Waals surface area contributed by atoms with Gasteiger partial charge >= 0.3 is 0 Å². The summed E-state index contributed by atoms with van der Waals surface area (Å²) in [6, 6.07) is 2.70. The smallest absolute Gasteiger partial charge is 0.168 e. The molecular weight excluding hydrogens is 374 g/mol. The molecule has 0 atom stereocenters. The molecule has 0 amide bonds. The molecule has 0 spiro atoms. The predicted octanol–water partition coefficient (Wildman–Crippen LogP) is 6.15. The van der Waals surface area contributed by atoms with E-state index in [1.54, 1.807) is 6.07 Å². The minimum Gasteiger partial charge on any atom is -0.344 e. The Bertz CT molecular complexity index is 900. The first-order valence-electron chi connectivity index (χ1n) is 10.4. The van der Waals surface area contributed by atoms with Crippen molar-refractivity contribution >= 4 is 16.7 Å². The Balaban J connectivity index is 0.00000145. The van der Waals surface area contributed by atoms with Crippen LogP contribution in [0.2, 0.25) is 0 Å². The first kappa shape index (κ1) is 23.1. The summed E-state index contributed by atoms with van der Waals surface area (Å²) in [5.74, 6) is -1.96. The zero-order chi connectivity index (χ0) is 21.8. The molecule has 0 bridgehead atoms. The van der Waals surface area contributed by atoms with Gasteiger partial charge in [-0.15, -0.1) is 0 Å². The van der Waals surface area contributed by atoms with Gasteiger partial charge in [-0.2, -0.15) is 0 Å². The number of hydrogen-bond donors (Lipinski definition) is 2. The number of rotatable bonds is 7. The number of allylic oxidation sites excluding steroid dienone is 1. The number of unbranched alkanes of at least 4 members (excludes halogenated alkanes) is 2. The maximum Gasteiger partial charge on any atom is 0.168 e. The quantitative estimate of drug-likeness (QED) is 0.428. The molecule has 1 aliphatic carbocycles. The van der Waals surface area contributed by atoms with Crippen LogP contribution >= 0.6 is 0 Å². The topological polar surface area (TPSA) is 54.3 Å². The third kappa shape index (κ3) is 4.86. The fourth-order valence-electron chi connectivity index (χ4n) is 4.05. The van der Waals surface area contributed by atoms with E-state index in [-0.39, 0.29) is 16.6 Å². The highest BCUT2D eigenvalue weighted by Gasteiger charge is 2.36. The van der Waals surface area contributed by atoms with Crippen molar-refractivity contribution in [3.8, 4) is 0 Å². The lowest BCUT2D eigenvalue weighted by Gasteiger charge is -2.29. The largest absolute Gasteiger partial charge is 0.344 e. The number of hydroxylamine groups is 1. The van der Waals surface area contributed by atoms with E-state index in [2.05, 4.69) is 6.58 Å². The molecule has 2 aromatic rings. The molecule has 0 saturated carbocycles. The summed E-state index contributed by atoms with van der Waals surface area (Å²) in [5, 5.41) is 8.89. The molecule has 0 aliphatic heterocycles. The number of aromatic nitrogens is 1. The predicted molar refractivity (Wildman–Crippen MR) is 112 cm³/mol. The second-order valence-electron chi connectivity index (χ2n) is 8.20. The minimum atomic E-state index is -0.930. The van der Waals surface area contributed by atoms with Crippen LogP contribution in [0.15, 0.2) is 24.4 Å². The highest BCUT2D eigenvalue weighted by Crippen LogP contribution is 2.41. The van der Waals surface area contributed by atoms with Crippen LogP contribution in [-0.4, -0.2) is 15.6 Å². The molecular formula is C23H32F2N2O2. The molecule has 1 aliphatic rings. The SMILES string of the molecule is C=C(CCCCCn1c2c(c3c(F)c(F)ccc31)C(=O)CC(C)(C)C2)NO.CC. The van der Waals surface area contributed by atoms with Crippen LogP contribution in [0.25, 0.3) is 10.9 Å². The average molecular weight is 407 g/mol. The normalized spacial score (nSPS) is 14.9. The molecule has 1 aromatic carbocycles. The van der Waals surface area contributed by atoms with Crippen molar-refractivity contribution in [2.75, 3.05) is 0 Å². The molecule has 0 unspecified atom stereocenters. The Labute approximate surface area is 171 Å². The lowest BCUT2D eigenvalue weighted by molar-refractivity contribution is 0.0911. The second-order valence-corrected chi connectivity index (χ2v) is 8.20. The van der Waals surface area contributed by atoms with E-state index in [1.807, 2.05) is 37.7 Å². The Morgan fingerprint density at radius 3 is 2.55 bits per heavy atom. The van der Waals surface area contributed by atoms with E-state index in [0.717, 1.165) is 31.0 Å². The zero-order valence-electron chi connectivity index (χ0n) is 17.9. The van der Waals surface area contributed by atoms with E-state index in [4.69, 9.17) is 5.21 Å². The van der Waals surface area contributed by atoms with Crippen LogP contribution in [0, 0.1) is 17.0 Å². The van der Waals surface area contributed by atoms with Gasteiger partial charge in [0.15, 0.2) is 17.4 Å². The second kappa shape index (κ2) is 9.53. The van der Waals surface area contributed by atoms with Crippen LogP contribution in [-0.2, 0) is 13.0 Å². The van der Waals surface area contributed by atoms with Crippen molar-refractivity contribution in [3.63, 3.8) is 0 Å². The number of hydrogen-bond acceptors (Lipinski definition) is 3. The van der Waals surface area contributed by atoms with Gasteiger partial charge in [0, 0.05) is 35.3 Å². The Morgan fingerprint density at radius 2 is 1.90 bits per heavy atom. The molecule has 0 fully saturated rings. The zero-order valence-corrected chi connectivity index (χ0v) is 17.9. The summed E-state index contributed by atoms with van der Waals surface area (Å²) in [7, 11) is 0. The van der Waals surface area contributed by atoms with Crippen molar-refractivity contribution in [2.24, 2.45) is 5.41 Å². The average Bonchev–Trinajstić information content (AvgIpc) is 2.99. The van der Waals surface area contributed by atoms with Crippen LogP contribution < -0.4 is 5.48 Å². The summed E-state index contributed by atoms with van der Waals surface area (Å²) in [6.07, 6.45) is 4.27. The highest BCUT2D eigenvalue weighted by molar-refractivity contribution is 6.10. The highest BCUT2D eigenvalue weighted by atomic mass is 19.2. The number of fused-ring (bicyclic) bond motifs is 3. The Hall–Kier alpha value is -2.21. The molecule has 6 heteroatoms. The molecule has 4 nitrogen and oxygen atoms in total. The van der Waals surface area contributed by atoms with Crippen molar-refractivity contribution < 1.29 is 18.8 Å². The number of carbonyl (C=O) groups excluding carboxylic acids is 1. The van der Waals surface area contributed by atoms with Crippen molar-refractivity contribution in [2.45, 2.75) is 72.8 Å². The molecule has 0 radical (unpaired) electrons. The first-order valence-corrected chi connectivity index (χ1v) is 10.4. The molecule has 1 aromatic heterocycles. The van der Waals surface area contributed by atoms with E-state index in [9.17, 15) is 13.6 Å². The summed E-state index contributed by atoms with van der Waals surface area (Å²) >= 11 is 0. The number of ketones is 1. The number of benzene rings is 1. The fourth-order valence-corrected chi connectivity index (χ4v) is 4.05. The number of Topliss-reactive ketones (excluding diaryl/α,β-unsaturated/α-hetero) is 1. The number of aryl methyl sites for hydroxylation is 1. The summed E-state index contributed by atoms with van der Waals surface area (Å²) in [6.45, 7) is 12.4. The Morgan fingerprint density at radius 1 is 1.21 bits per heavy atom. The van der Waals surface area contributed by atoms with Crippen LogP contribution in [0.1, 0.15) is 75.9 Å². The lowest BCUT2D eigenvalue weighted by atomic mass is 9.75. The van der Waals surface area contributed by atoms with E-state index >= 15 is 0 Å². The summed E-state index contributed by atoms with van der Waals surface area (Å²) in [5.41, 5.74) is 4.19. The maximum atomic E-state index is 14.6. The number of nitrogens with one attached hydrogen (secondary N) is 1. The van der Waals surface area contributed by atoms with E-state index in [1.165, 1.54) is 0 Å². The van der Waals surface area contributed by atoms with Gasteiger partial charge in [-0.3, -0.25) is 15.5 Å². The summed E-state index contributed by atoms with van der Waals surface area (Å²) in [4.78, 5) is 12.7. The van der Waals surface area contributed by atoms with Gasteiger partial charge in [0.2, 0.25) is 0 Å². The van der Waals surface area contributed by atoms with Gasteiger partial charge in [-0.1, -0.05) is 40.7 Å². The van der Waals surface area contributed by atoms with Crippen LogP contribution in [0.4, 0.5) is 8.78 Å². The third-order valence-corrected chi connectivity index (χ3v) is 5.31. The van der Waals surface area contributed by atoms with Crippen molar-refractivity contribution in [1.29, 1.82) is 0 Å². The van der Waals surface area contributed by atoms with Gasteiger partial charge in [0.1, 0.15) is 0 Å². The van der Waals surface area contributed by atoms with E-state index < -0.39 is 11.6 Å². The van der Waals surface area contributed by atoms with Gasteiger partial charge in [0.25, 0.3) is 0 Å². The first-order chi connectivity index (χ1) is 13.7. The standard InChI is InChI=1S/C21H26F2N2O2.C2H6/c1-13(24-27)7-5-4-6-10-25-15-9-8-14(22)20(23)19(15)18-16(25)11-21(2,3)12-17(18)26;1-2/h8-9,24,27H,1,4-7,10-12H2,2-3H3;1-2H3. The fraction of sp³-hybridized carbons (Fsp3) is 0.522. The lowest BCUT2D eigenvalue weighted by Crippen LogP contribution is -2.28. The van der Waals surface area contributed by atoms with Gasteiger partial charge < -0.3 is 4.57 Å². The molecule has 29 heavy (non-hydrogen) atoms. The van der Waals surface area contributed by atoms with Gasteiger partial charge in [0.05, 0.1) is 5.52 Å². The molecule has 1 heterocycles. The third-order valence-electron chi connectivity index (χ3n) is 5.31. The minimum absolute atomic E-state index is 0.111. The van der Waals surface area contributed by atoms with Crippen molar-refractivity contribution in [3.05, 3.63) is 47.3 Å². The van der Waals surface area contributed by atoms with Gasteiger partial charge in [-0.05, 0) is 43.2 Å². The molecule has 160 valence electrons.